The van der Waals surface area contributed by atoms with Crippen molar-refractivity contribution in [1.82, 2.24) is 4.90 Å². The first-order chi connectivity index (χ1) is 7.79. The Balaban J connectivity index is 2.35. The number of aliphatic hydroxyl groups is 1. The predicted octanol–water partition coefficient (Wildman–Crippen LogP) is 0.885. The van der Waals surface area contributed by atoms with Crippen molar-refractivity contribution in [2.75, 3.05) is 40.5 Å². The highest BCUT2D eigenvalue weighted by Gasteiger charge is 2.29. The summed E-state index contributed by atoms with van der Waals surface area (Å²) in [6, 6.07) is 0.326. The summed E-state index contributed by atoms with van der Waals surface area (Å²) in [6.45, 7) is 3.41. The van der Waals surface area contributed by atoms with Gasteiger partial charge in [0, 0.05) is 40.0 Å². The van der Waals surface area contributed by atoms with Gasteiger partial charge in [0.2, 0.25) is 0 Å². The zero-order valence-electron chi connectivity index (χ0n) is 10.5. The molecular weight excluding hydrogens is 206 g/mol. The van der Waals surface area contributed by atoms with Crippen LogP contribution in [0.2, 0.25) is 0 Å². The van der Waals surface area contributed by atoms with Gasteiger partial charge in [0.1, 0.15) is 0 Å². The van der Waals surface area contributed by atoms with E-state index in [0.717, 1.165) is 52.0 Å². The molecule has 0 heterocycles. The Bertz CT molecular complexity index is 178. The van der Waals surface area contributed by atoms with Gasteiger partial charge in [-0.1, -0.05) is 0 Å². The van der Waals surface area contributed by atoms with Gasteiger partial charge in [0.15, 0.2) is 0 Å². The Morgan fingerprint density at radius 3 is 2.44 bits per heavy atom. The summed E-state index contributed by atoms with van der Waals surface area (Å²) in [5.41, 5.74) is 0. The highest BCUT2D eigenvalue weighted by atomic mass is 16.5. The number of aliphatic hydroxyl groups excluding tert-OH is 1. The third-order valence-corrected chi connectivity index (χ3v) is 3.29. The molecule has 0 aliphatic heterocycles. The predicted molar refractivity (Wildman–Crippen MR) is 63.6 cm³/mol. The van der Waals surface area contributed by atoms with Gasteiger partial charge >= 0.3 is 0 Å². The summed E-state index contributed by atoms with van der Waals surface area (Å²) >= 11 is 0. The van der Waals surface area contributed by atoms with Crippen LogP contribution in [-0.4, -0.2) is 62.7 Å². The Morgan fingerprint density at radius 2 is 1.88 bits per heavy atom. The van der Waals surface area contributed by atoms with Crippen molar-refractivity contribution in [3.05, 3.63) is 0 Å². The third-order valence-electron chi connectivity index (χ3n) is 3.29. The van der Waals surface area contributed by atoms with Gasteiger partial charge in [-0.15, -0.1) is 0 Å². The van der Waals surface area contributed by atoms with Crippen molar-refractivity contribution in [3.63, 3.8) is 0 Å². The van der Waals surface area contributed by atoms with E-state index in [-0.39, 0.29) is 6.10 Å². The van der Waals surface area contributed by atoms with Crippen LogP contribution in [0.5, 0.6) is 0 Å². The first-order valence-corrected chi connectivity index (χ1v) is 6.19. The molecule has 1 N–H and O–H groups in total. The van der Waals surface area contributed by atoms with E-state index in [1.165, 1.54) is 0 Å². The third kappa shape index (κ3) is 4.37. The molecule has 2 atom stereocenters. The molecule has 1 fully saturated rings. The molecule has 2 unspecified atom stereocenters. The Morgan fingerprint density at radius 1 is 1.12 bits per heavy atom. The van der Waals surface area contributed by atoms with E-state index in [1.54, 1.807) is 14.2 Å². The molecule has 1 aliphatic carbocycles. The molecule has 16 heavy (non-hydrogen) atoms. The average Bonchev–Trinajstić information content (AvgIpc) is 2.70. The monoisotopic (exact) mass is 231 g/mol. The van der Waals surface area contributed by atoms with E-state index in [4.69, 9.17) is 9.47 Å². The molecule has 0 aromatic rings. The van der Waals surface area contributed by atoms with Crippen LogP contribution in [0.25, 0.3) is 0 Å². The van der Waals surface area contributed by atoms with Gasteiger partial charge in [-0.05, 0) is 25.7 Å². The molecule has 0 amide bonds. The molecule has 96 valence electrons. The summed E-state index contributed by atoms with van der Waals surface area (Å²) in [6.07, 6.45) is 4.05. The van der Waals surface area contributed by atoms with Gasteiger partial charge in [0.25, 0.3) is 0 Å². The number of hydrogen-bond donors (Lipinski definition) is 1. The minimum atomic E-state index is -0.153. The molecule has 0 radical (unpaired) electrons. The van der Waals surface area contributed by atoms with Crippen LogP contribution in [0.4, 0.5) is 0 Å². The van der Waals surface area contributed by atoms with Crippen molar-refractivity contribution in [2.24, 2.45) is 0 Å². The summed E-state index contributed by atoms with van der Waals surface area (Å²) in [5, 5.41) is 9.90. The van der Waals surface area contributed by atoms with Crippen LogP contribution in [0.3, 0.4) is 0 Å². The lowest BCUT2D eigenvalue weighted by Gasteiger charge is -2.30. The van der Waals surface area contributed by atoms with Crippen molar-refractivity contribution in [2.45, 2.75) is 37.8 Å². The lowest BCUT2D eigenvalue weighted by molar-refractivity contribution is 0.0465. The van der Waals surface area contributed by atoms with E-state index >= 15 is 0 Å². The van der Waals surface area contributed by atoms with Crippen molar-refractivity contribution >= 4 is 0 Å². The number of rotatable bonds is 8. The van der Waals surface area contributed by atoms with E-state index in [1.807, 2.05) is 0 Å². The van der Waals surface area contributed by atoms with Gasteiger partial charge in [-0.25, -0.2) is 0 Å². The molecule has 4 nitrogen and oxygen atoms in total. The Kier molecular flexibility index (Phi) is 6.96. The second kappa shape index (κ2) is 8.01. The number of hydrogen-bond acceptors (Lipinski definition) is 4. The standard InChI is InChI=1S/C12H25NO3/c1-15-9-4-7-13(8-10-16-2)11-5-3-6-12(11)14/h11-12,14H,3-10H2,1-2H3. The van der Waals surface area contributed by atoms with Crippen LogP contribution in [0.15, 0.2) is 0 Å². The second-order valence-electron chi connectivity index (χ2n) is 4.44. The van der Waals surface area contributed by atoms with Crippen molar-refractivity contribution in [1.29, 1.82) is 0 Å². The maximum Gasteiger partial charge on any atom is 0.0695 e. The highest BCUT2D eigenvalue weighted by Crippen LogP contribution is 2.24. The summed E-state index contributed by atoms with van der Waals surface area (Å²) in [7, 11) is 3.45. The van der Waals surface area contributed by atoms with Crippen LogP contribution < -0.4 is 0 Å². The minimum Gasteiger partial charge on any atom is -0.391 e. The number of ether oxygens (including phenoxy) is 2. The second-order valence-corrected chi connectivity index (χ2v) is 4.44. The Labute approximate surface area is 98.5 Å². The molecule has 0 aromatic heterocycles. The molecular formula is C12H25NO3. The highest BCUT2D eigenvalue weighted by molar-refractivity contribution is 4.85. The van der Waals surface area contributed by atoms with E-state index in [9.17, 15) is 5.11 Å². The molecule has 0 aromatic carbocycles. The van der Waals surface area contributed by atoms with Crippen molar-refractivity contribution in [3.8, 4) is 0 Å². The SMILES string of the molecule is COCCCN(CCOC)C1CCCC1O. The van der Waals surface area contributed by atoms with E-state index in [0.29, 0.717) is 6.04 Å². The maximum absolute atomic E-state index is 9.90. The molecule has 0 saturated heterocycles. The van der Waals surface area contributed by atoms with Crippen LogP contribution in [0, 0.1) is 0 Å². The number of nitrogens with zero attached hydrogens (tertiary/aromatic N) is 1. The molecule has 1 aliphatic rings. The average molecular weight is 231 g/mol. The van der Waals surface area contributed by atoms with Crippen LogP contribution >= 0.6 is 0 Å². The summed E-state index contributed by atoms with van der Waals surface area (Å²) < 4.78 is 10.2. The summed E-state index contributed by atoms with van der Waals surface area (Å²) in [5.74, 6) is 0. The fourth-order valence-corrected chi connectivity index (χ4v) is 2.41. The smallest absolute Gasteiger partial charge is 0.0695 e. The fourth-order valence-electron chi connectivity index (χ4n) is 2.41. The van der Waals surface area contributed by atoms with Gasteiger partial charge in [0.05, 0.1) is 12.7 Å². The van der Waals surface area contributed by atoms with Crippen LogP contribution in [-0.2, 0) is 9.47 Å². The fraction of sp³-hybridized carbons (Fsp3) is 1.00. The van der Waals surface area contributed by atoms with Gasteiger partial charge in [-0.3, -0.25) is 4.90 Å². The molecule has 0 bridgehead atoms. The first-order valence-electron chi connectivity index (χ1n) is 6.19. The molecule has 1 saturated carbocycles. The molecule has 4 heteroatoms. The lowest BCUT2D eigenvalue weighted by Crippen LogP contribution is -2.43. The Hall–Kier alpha value is -0.160. The first kappa shape index (κ1) is 13.9. The minimum absolute atomic E-state index is 0.153. The normalized spacial score (nSPS) is 25.5. The maximum atomic E-state index is 9.90. The van der Waals surface area contributed by atoms with Gasteiger partial charge in [-0.2, -0.15) is 0 Å². The van der Waals surface area contributed by atoms with Crippen LogP contribution in [0.1, 0.15) is 25.7 Å². The quantitative estimate of drug-likeness (QED) is 0.630. The lowest BCUT2D eigenvalue weighted by atomic mass is 10.1. The molecule has 1 rings (SSSR count). The molecule has 0 spiro atoms. The number of methoxy groups -OCH3 is 2. The van der Waals surface area contributed by atoms with Crippen molar-refractivity contribution < 1.29 is 14.6 Å². The zero-order chi connectivity index (χ0) is 11.8. The largest absolute Gasteiger partial charge is 0.391 e. The topological polar surface area (TPSA) is 41.9 Å². The zero-order valence-corrected chi connectivity index (χ0v) is 10.5. The van der Waals surface area contributed by atoms with Gasteiger partial charge < -0.3 is 14.6 Å². The van der Waals surface area contributed by atoms with E-state index in [2.05, 4.69) is 4.90 Å². The van der Waals surface area contributed by atoms with E-state index < -0.39 is 0 Å². The summed E-state index contributed by atoms with van der Waals surface area (Å²) in [4.78, 5) is 2.35.